The van der Waals surface area contributed by atoms with E-state index in [2.05, 4.69) is 4.98 Å². The Labute approximate surface area is 229 Å². The first-order valence-corrected chi connectivity index (χ1v) is 12.9. The molecule has 204 valence electrons. The fourth-order valence-electron chi connectivity index (χ4n) is 4.22. The summed E-state index contributed by atoms with van der Waals surface area (Å²) in [6.07, 6.45) is 0.838. The maximum Gasteiger partial charge on any atom is 0.350 e. The smallest absolute Gasteiger partial charge is 0.350 e. The van der Waals surface area contributed by atoms with Crippen molar-refractivity contribution < 1.29 is 38.4 Å². The lowest BCUT2D eigenvalue weighted by atomic mass is 9.95. The maximum absolute atomic E-state index is 13.5. The second-order valence-corrected chi connectivity index (χ2v) is 9.54. The third-order valence-corrected chi connectivity index (χ3v) is 7.27. The minimum Gasteiger partial charge on any atom is -0.507 e. The standard InChI is InChI=1S/C28H28N2O8S/c1-6-13-38-18-10-7-16(8-11-18)23(31)21-22(17-9-12-19(35-3)20(14-17)36-4)30(26(33)24(21)32)28-29-15(2)25(39-28)27(34)37-5/h7-12,14,22,31H,6,13H2,1-5H3/b23-21+. The zero-order chi connectivity index (χ0) is 28.3. The first-order chi connectivity index (χ1) is 18.7. The third kappa shape index (κ3) is 5.17. The number of anilines is 1. The molecule has 11 heteroatoms. The Bertz CT molecular complexity index is 1440. The van der Waals surface area contributed by atoms with Gasteiger partial charge in [0.25, 0.3) is 5.78 Å². The number of ketones is 1. The van der Waals surface area contributed by atoms with Gasteiger partial charge in [-0.15, -0.1) is 0 Å². The number of thiazole rings is 1. The number of esters is 1. The number of methoxy groups -OCH3 is 3. The molecule has 1 unspecified atom stereocenters. The number of carbonyl (C=O) groups excluding carboxylic acids is 3. The molecule has 0 spiro atoms. The van der Waals surface area contributed by atoms with Crippen LogP contribution in [0.5, 0.6) is 17.2 Å². The van der Waals surface area contributed by atoms with Crippen molar-refractivity contribution >= 4 is 39.9 Å². The van der Waals surface area contributed by atoms with E-state index in [-0.39, 0.29) is 21.3 Å². The summed E-state index contributed by atoms with van der Waals surface area (Å²) >= 11 is 0.921. The Balaban J connectivity index is 1.90. The van der Waals surface area contributed by atoms with E-state index in [0.29, 0.717) is 40.7 Å². The van der Waals surface area contributed by atoms with Crippen LogP contribution in [0, 0.1) is 6.92 Å². The average Bonchev–Trinajstić information content (AvgIpc) is 3.47. The summed E-state index contributed by atoms with van der Waals surface area (Å²) in [7, 11) is 4.20. The lowest BCUT2D eigenvalue weighted by Gasteiger charge is -2.23. The second-order valence-electron chi connectivity index (χ2n) is 8.56. The molecule has 1 N–H and O–H groups in total. The normalized spacial score (nSPS) is 16.3. The van der Waals surface area contributed by atoms with Gasteiger partial charge in [0.2, 0.25) is 0 Å². The first kappa shape index (κ1) is 27.6. The zero-order valence-corrected chi connectivity index (χ0v) is 23.0. The van der Waals surface area contributed by atoms with Gasteiger partial charge >= 0.3 is 11.9 Å². The monoisotopic (exact) mass is 552 g/mol. The van der Waals surface area contributed by atoms with Crippen LogP contribution in [0.4, 0.5) is 5.13 Å². The van der Waals surface area contributed by atoms with Gasteiger partial charge in [-0.2, -0.15) is 0 Å². The number of benzene rings is 2. The van der Waals surface area contributed by atoms with E-state index in [1.165, 1.54) is 26.2 Å². The lowest BCUT2D eigenvalue weighted by Crippen LogP contribution is -2.29. The van der Waals surface area contributed by atoms with Gasteiger partial charge in [-0.05, 0) is 55.3 Å². The highest BCUT2D eigenvalue weighted by Gasteiger charge is 2.48. The van der Waals surface area contributed by atoms with Crippen molar-refractivity contribution in [3.8, 4) is 17.2 Å². The van der Waals surface area contributed by atoms with Crippen molar-refractivity contribution in [2.24, 2.45) is 0 Å². The van der Waals surface area contributed by atoms with Gasteiger partial charge in [-0.1, -0.05) is 24.3 Å². The molecule has 39 heavy (non-hydrogen) atoms. The van der Waals surface area contributed by atoms with Crippen molar-refractivity contribution in [1.82, 2.24) is 4.98 Å². The van der Waals surface area contributed by atoms with Crippen LogP contribution in [-0.4, -0.2) is 55.7 Å². The topological polar surface area (TPSA) is 124 Å². The Morgan fingerprint density at radius 2 is 1.74 bits per heavy atom. The summed E-state index contributed by atoms with van der Waals surface area (Å²) in [6.45, 7) is 4.14. The third-order valence-electron chi connectivity index (χ3n) is 6.13. The average molecular weight is 553 g/mol. The first-order valence-electron chi connectivity index (χ1n) is 12.1. The number of aliphatic hydroxyl groups is 1. The minimum atomic E-state index is -1.07. The lowest BCUT2D eigenvalue weighted by molar-refractivity contribution is -0.132. The number of ether oxygens (including phenoxy) is 4. The summed E-state index contributed by atoms with van der Waals surface area (Å²) in [5.74, 6) is -1.35. The molecule has 1 saturated heterocycles. The number of Topliss-reactive ketones (excluding diaryl/α,β-unsaturated/α-hetero) is 1. The molecule has 4 rings (SSSR count). The highest BCUT2D eigenvalue weighted by molar-refractivity contribution is 7.17. The number of amides is 1. The Kier molecular flexibility index (Phi) is 8.20. The largest absolute Gasteiger partial charge is 0.507 e. The van der Waals surface area contributed by atoms with E-state index >= 15 is 0 Å². The van der Waals surface area contributed by atoms with Gasteiger partial charge in [0.1, 0.15) is 16.4 Å². The van der Waals surface area contributed by atoms with Crippen molar-refractivity contribution in [2.75, 3.05) is 32.8 Å². The molecule has 2 heterocycles. The summed E-state index contributed by atoms with van der Waals surface area (Å²) in [6, 6.07) is 10.4. The molecule has 3 aromatic rings. The molecule has 0 aliphatic carbocycles. The van der Waals surface area contributed by atoms with Gasteiger partial charge in [0, 0.05) is 5.56 Å². The molecular formula is C28H28N2O8S. The number of rotatable bonds is 9. The van der Waals surface area contributed by atoms with E-state index in [4.69, 9.17) is 18.9 Å². The summed E-state index contributed by atoms with van der Waals surface area (Å²) in [5, 5.41) is 11.5. The summed E-state index contributed by atoms with van der Waals surface area (Å²) in [4.78, 5) is 44.9. The van der Waals surface area contributed by atoms with E-state index in [0.717, 1.165) is 17.8 Å². The van der Waals surface area contributed by atoms with Gasteiger partial charge < -0.3 is 24.1 Å². The van der Waals surface area contributed by atoms with Crippen LogP contribution in [0.2, 0.25) is 0 Å². The van der Waals surface area contributed by atoms with Crippen LogP contribution in [0.1, 0.15) is 45.9 Å². The Morgan fingerprint density at radius 1 is 1.05 bits per heavy atom. The molecule has 10 nitrogen and oxygen atoms in total. The number of carbonyl (C=O) groups is 3. The highest BCUT2D eigenvalue weighted by atomic mass is 32.1. The van der Waals surface area contributed by atoms with Crippen molar-refractivity contribution in [2.45, 2.75) is 26.3 Å². The summed E-state index contributed by atoms with van der Waals surface area (Å²) < 4.78 is 21.2. The Hall–Kier alpha value is -4.38. The molecule has 0 saturated carbocycles. The maximum atomic E-state index is 13.5. The zero-order valence-electron chi connectivity index (χ0n) is 22.1. The predicted octanol–water partition coefficient (Wildman–Crippen LogP) is 4.67. The fraction of sp³-hybridized carbons (Fsp3) is 0.286. The second kappa shape index (κ2) is 11.6. The number of hydrogen-bond donors (Lipinski definition) is 1. The fourth-order valence-corrected chi connectivity index (χ4v) is 5.23. The molecule has 0 bridgehead atoms. The van der Waals surface area contributed by atoms with Crippen LogP contribution < -0.4 is 19.1 Å². The molecule has 1 fully saturated rings. The van der Waals surface area contributed by atoms with E-state index in [1.807, 2.05) is 6.92 Å². The van der Waals surface area contributed by atoms with Gasteiger partial charge in [0.15, 0.2) is 16.6 Å². The van der Waals surface area contributed by atoms with Crippen LogP contribution in [0.3, 0.4) is 0 Å². The highest BCUT2D eigenvalue weighted by Crippen LogP contribution is 2.45. The van der Waals surface area contributed by atoms with E-state index in [9.17, 15) is 19.5 Å². The van der Waals surface area contributed by atoms with E-state index < -0.39 is 23.7 Å². The number of nitrogens with zero attached hydrogens (tertiary/aromatic N) is 2. The number of aryl methyl sites for hydroxylation is 1. The molecule has 1 atom stereocenters. The minimum absolute atomic E-state index is 0.108. The van der Waals surface area contributed by atoms with Gasteiger partial charge in [0.05, 0.1) is 45.2 Å². The number of aromatic nitrogens is 1. The molecule has 1 aromatic heterocycles. The predicted molar refractivity (Wildman–Crippen MR) is 145 cm³/mol. The molecule has 1 aliphatic rings. The molecule has 0 radical (unpaired) electrons. The molecular weight excluding hydrogens is 524 g/mol. The van der Waals surface area contributed by atoms with Crippen molar-refractivity contribution in [1.29, 1.82) is 0 Å². The quantitative estimate of drug-likeness (QED) is 0.174. The van der Waals surface area contributed by atoms with E-state index in [1.54, 1.807) is 49.4 Å². The molecule has 1 aliphatic heterocycles. The van der Waals surface area contributed by atoms with Gasteiger partial charge in [-0.25, -0.2) is 9.78 Å². The number of aliphatic hydroxyl groups excluding tert-OH is 1. The van der Waals surface area contributed by atoms with Crippen LogP contribution in [0.15, 0.2) is 48.0 Å². The van der Waals surface area contributed by atoms with Crippen LogP contribution >= 0.6 is 11.3 Å². The number of hydrogen-bond acceptors (Lipinski definition) is 10. The SMILES string of the molecule is CCCOc1ccc(/C(O)=C2\C(=O)C(=O)N(c3nc(C)c(C(=O)OC)s3)C2c2ccc(OC)c(OC)c2)cc1. The van der Waals surface area contributed by atoms with Gasteiger partial charge in [-0.3, -0.25) is 14.5 Å². The van der Waals surface area contributed by atoms with Crippen LogP contribution in [-0.2, 0) is 14.3 Å². The Morgan fingerprint density at radius 3 is 2.36 bits per heavy atom. The molecule has 1 amide bonds. The van der Waals surface area contributed by atoms with Crippen LogP contribution in [0.25, 0.3) is 5.76 Å². The van der Waals surface area contributed by atoms with Crippen molar-refractivity contribution in [3.05, 3.63) is 69.7 Å². The van der Waals surface area contributed by atoms with Crippen molar-refractivity contribution in [3.63, 3.8) is 0 Å². The molecule has 2 aromatic carbocycles. The summed E-state index contributed by atoms with van der Waals surface area (Å²) in [5.41, 5.74) is 0.996.